The molecule has 0 saturated heterocycles. The van der Waals surface area contributed by atoms with Gasteiger partial charge >= 0.3 is 0 Å². The molecule has 0 atom stereocenters. The van der Waals surface area contributed by atoms with E-state index in [0.717, 1.165) is 0 Å². The second-order valence-electron chi connectivity index (χ2n) is 2.48. The Morgan fingerprint density at radius 3 is 2.92 bits per heavy atom. The van der Waals surface area contributed by atoms with Crippen LogP contribution in [0.3, 0.4) is 0 Å². The molecular weight excluding hydrogens is 188 g/mol. The highest BCUT2D eigenvalue weighted by molar-refractivity contribution is 6.29. The Morgan fingerprint density at radius 2 is 2.38 bits per heavy atom. The first-order valence-corrected chi connectivity index (χ1v) is 4.31. The van der Waals surface area contributed by atoms with Gasteiger partial charge in [0.25, 0.3) is 5.91 Å². The van der Waals surface area contributed by atoms with Gasteiger partial charge in [0.2, 0.25) is 0 Å². The number of nitrogens with one attached hydrogen (secondary N) is 1. The van der Waals surface area contributed by atoms with Crippen LogP contribution in [0.15, 0.2) is 18.3 Å². The highest BCUT2D eigenvalue weighted by atomic mass is 35.5. The number of rotatable bonds is 3. The van der Waals surface area contributed by atoms with Crippen LogP contribution in [0.4, 0.5) is 0 Å². The van der Waals surface area contributed by atoms with E-state index in [1.807, 2.05) is 0 Å². The van der Waals surface area contributed by atoms with Crippen molar-refractivity contribution in [3.63, 3.8) is 0 Å². The van der Waals surface area contributed by atoms with Crippen LogP contribution in [0.1, 0.15) is 16.8 Å². The summed E-state index contributed by atoms with van der Waals surface area (Å²) in [5, 5.41) is 3.07. The molecule has 0 aliphatic heterocycles. The van der Waals surface area contributed by atoms with Gasteiger partial charge in [0.1, 0.15) is 5.15 Å². The summed E-state index contributed by atoms with van der Waals surface area (Å²) in [6.07, 6.45) is 2.12. The van der Waals surface area contributed by atoms with E-state index in [9.17, 15) is 4.79 Å². The van der Waals surface area contributed by atoms with Crippen molar-refractivity contribution >= 4 is 17.5 Å². The van der Waals surface area contributed by atoms with Crippen LogP contribution in [-0.2, 0) is 0 Å². The second kappa shape index (κ2) is 4.82. The SMILES string of the molecule is [CH2]CCNC(=O)c1ccc(Cl)nc1. The van der Waals surface area contributed by atoms with Crippen LogP contribution in [-0.4, -0.2) is 17.4 Å². The van der Waals surface area contributed by atoms with Crippen molar-refractivity contribution in [1.29, 1.82) is 0 Å². The van der Waals surface area contributed by atoms with Crippen LogP contribution >= 0.6 is 11.6 Å². The van der Waals surface area contributed by atoms with Crippen molar-refractivity contribution < 1.29 is 4.79 Å². The number of pyridine rings is 1. The van der Waals surface area contributed by atoms with Crippen LogP contribution in [0, 0.1) is 6.92 Å². The fourth-order valence-corrected chi connectivity index (χ4v) is 0.926. The van der Waals surface area contributed by atoms with Gasteiger partial charge in [0.05, 0.1) is 5.56 Å². The Kier molecular flexibility index (Phi) is 3.71. The Hall–Kier alpha value is -1.09. The molecule has 0 unspecified atom stereocenters. The van der Waals surface area contributed by atoms with E-state index in [-0.39, 0.29) is 5.91 Å². The summed E-state index contributed by atoms with van der Waals surface area (Å²) in [4.78, 5) is 15.1. The van der Waals surface area contributed by atoms with Crippen molar-refractivity contribution in [3.8, 4) is 0 Å². The maximum atomic E-state index is 11.3. The van der Waals surface area contributed by atoms with Crippen molar-refractivity contribution in [3.05, 3.63) is 36.0 Å². The minimum atomic E-state index is -0.146. The molecule has 1 aromatic rings. The van der Waals surface area contributed by atoms with E-state index < -0.39 is 0 Å². The zero-order valence-electron chi connectivity index (χ0n) is 7.09. The van der Waals surface area contributed by atoms with Gasteiger partial charge < -0.3 is 5.32 Å². The number of nitrogens with zero attached hydrogens (tertiary/aromatic N) is 1. The van der Waals surface area contributed by atoms with Crippen LogP contribution in [0.5, 0.6) is 0 Å². The minimum absolute atomic E-state index is 0.146. The smallest absolute Gasteiger partial charge is 0.252 e. The molecule has 1 aromatic heterocycles. The predicted molar refractivity (Wildman–Crippen MR) is 51.6 cm³/mol. The minimum Gasteiger partial charge on any atom is -0.352 e. The van der Waals surface area contributed by atoms with E-state index in [1.165, 1.54) is 6.20 Å². The second-order valence-corrected chi connectivity index (χ2v) is 2.87. The van der Waals surface area contributed by atoms with Crippen molar-refractivity contribution in [2.24, 2.45) is 0 Å². The third-order valence-electron chi connectivity index (χ3n) is 1.45. The maximum absolute atomic E-state index is 11.3. The van der Waals surface area contributed by atoms with Crippen molar-refractivity contribution in [1.82, 2.24) is 10.3 Å². The Balaban J connectivity index is 2.61. The Morgan fingerprint density at radius 1 is 1.62 bits per heavy atom. The summed E-state index contributed by atoms with van der Waals surface area (Å²) in [7, 11) is 0. The van der Waals surface area contributed by atoms with Gasteiger partial charge in [-0.1, -0.05) is 18.5 Å². The quantitative estimate of drug-likeness (QED) is 0.750. The van der Waals surface area contributed by atoms with Crippen molar-refractivity contribution in [2.75, 3.05) is 6.54 Å². The number of aromatic nitrogens is 1. The Labute approximate surface area is 82.1 Å². The molecule has 0 spiro atoms. The van der Waals surface area contributed by atoms with Gasteiger partial charge in [0, 0.05) is 12.7 Å². The molecule has 1 heterocycles. The molecule has 0 fully saturated rings. The number of halogens is 1. The van der Waals surface area contributed by atoms with Gasteiger partial charge in [-0.15, -0.1) is 0 Å². The molecule has 4 heteroatoms. The van der Waals surface area contributed by atoms with Gasteiger partial charge in [-0.3, -0.25) is 4.79 Å². The van der Waals surface area contributed by atoms with Gasteiger partial charge in [-0.05, 0) is 18.6 Å². The molecule has 3 nitrogen and oxygen atoms in total. The van der Waals surface area contributed by atoms with Gasteiger partial charge in [-0.2, -0.15) is 0 Å². The summed E-state index contributed by atoms with van der Waals surface area (Å²) in [5.41, 5.74) is 0.512. The van der Waals surface area contributed by atoms with Crippen LogP contribution < -0.4 is 5.32 Å². The van der Waals surface area contributed by atoms with E-state index >= 15 is 0 Å². The predicted octanol–water partition coefficient (Wildman–Crippen LogP) is 1.69. The first-order valence-electron chi connectivity index (χ1n) is 3.93. The topological polar surface area (TPSA) is 42.0 Å². The zero-order valence-corrected chi connectivity index (χ0v) is 7.84. The first kappa shape index (κ1) is 9.99. The van der Waals surface area contributed by atoms with Crippen LogP contribution in [0.2, 0.25) is 5.15 Å². The van der Waals surface area contributed by atoms with Crippen molar-refractivity contribution in [2.45, 2.75) is 6.42 Å². The molecule has 69 valence electrons. The molecule has 0 bridgehead atoms. The van der Waals surface area contributed by atoms with Crippen LogP contribution in [0.25, 0.3) is 0 Å². The monoisotopic (exact) mass is 197 g/mol. The molecule has 0 saturated carbocycles. The lowest BCUT2D eigenvalue weighted by atomic mass is 10.2. The van der Waals surface area contributed by atoms with Gasteiger partial charge in [0.15, 0.2) is 0 Å². The zero-order chi connectivity index (χ0) is 9.68. The van der Waals surface area contributed by atoms with E-state index in [0.29, 0.717) is 23.7 Å². The molecule has 1 N–H and O–H groups in total. The molecule has 1 rings (SSSR count). The number of hydrogen-bond donors (Lipinski definition) is 1. The molecule has 0 aliphatic carbocycles. The molecular formula is C9H10ClN2O. The summed E-state index contributed by atoms with van der Waals surface area (Å²) in [5.74, 6) is -0.146. The highest BCUT2D eigenvalue weighted by Crippen LogP contribution is 2.04. The third kappa shape index (κ3) is 3.03. The molecule has 0 aliphatic rings. The lowest BCUT2D eigenvalue weighted by molar-refractivity contribution is 0.0954. The lowest BCUT2D eigenvalue weighted by Crippen LogP contribution is -2.23. The van der Waals surface area contributed by atoms with E-state index in [2.05, 4.69) is 17.2 Å². The summed E-state index contributed by atoms with van der Waals surface area (Å²) in [6, 6.07) is 3.22. The normalized spacial score (nSPS) is 9.69. The number of hydrogen-bond acceptors (Lipinski definition) is 2. The number of carbonyl (C=O) groups excluding carboxylic acids is 1. The summed E-state index contributed by atoms with van der Waals surface area (Å²) < 4.78 is 0. The molecule has 1 amide bonds. The standard InChI is InChI=1S/C9H10ClN2O/c1-2-5-11-9(13)7-3-4-8(10)12-6-7/h3-4,6H,1-2,5H2,(H,11,13). The molecule has 1 radical (unpaired) electrons. The highest BCUT2D eigenvalue weighted by Gasteiger charge is 2.03. The van der Waals surface area contributed by atoms with E-state index in [1.54, 1.807) is 12.1 Å². The lowest BCUT2D eigenvalue weighted by Gasteiger charge is -2.01. The largest absolute Gasteiger partial charge is 0.352 e. The molecule has 13 heavy (non-hydrogen) atoms. The average Bonchev–Trinajstić information content (AvgIpc) is 2.15. The number of amides is 1. The molecule has 0 aromatic carbocycles. The summed E-state index contributed by atoms with van der Waals surface area (Å²) >= 11 is 5.57. The Bertz CT molecular complexity index is 284. The fraction of sp³-hybridized carbons (Fsp3) is 0.222. The van der Waals surface area contributed by atoms with Gasteiger partial charge in [-0.25, -0.2) is 4.98 Å². The maximum Gasteiger partial charge on any atom is 0.252 e. The fourth-order valence-electron chi connectivity index (χ4n) is 0.814. The third-order valence-corrected chi connectivity index (χ3v) is 1.68. The number of carbonyl (C=O) groups is 1. The van der Waals surface area contributed by atoms with E-state index in [4.69, 9.17) is 11.6 Å². The average molecular weight is 198 g/mol. The first-order chi connectivity index (χ1) is 6.24. The summed E-state index contributed by atoms with van der Waals surface area (Å²) in [6.45, 7) is 4.18.